The Bertz CT molecular complexity index is 646. The molecule has 21 heavy (non-hydrogen) atoms. The van der Waals surface area contributed by atoms with E-state index in [-0.39, 0.29) is 17.2 Å². The fourth-order valence-corrected chi connectivity index (χ4v) is 2.23. The molecule has 0 saturated heterocycles. The fourth-order valence-electron chi connectivity index (χ4n) is 2.23. The van der Waals surface area contributed by atoms with Crippen molar-refractivity contribution in [3.63, 3.8) is 0 Å². The average Bonchev–Trinajstić information content (AvgIpc) is 2.83. The van der Waals surface area contributed by atoms with Crippen molar-refractivity contribution in [2.75, 3.05) is 0 Å². The maximum absolute atomic E-state index is 11.3. The molecule has 0 aliphatic heterocycles. The van der Waals surface area contributed by atoms with Crippen LogP contribution in [0.1, 0.15) is 56.7 Å². The molecule has 0 aliphatic carbocycles. The molecule has 1 N–H and O–H groups in total. The Morgan fingerprint density at radius 1 is 1.19 bits per heavy atom. The summed E-state index contributed by atoms with van der Waals surface area (Å²) in [4.78, 5) is 11.3. The van der Waals surface area contributed by atoms with Crippen molar-refractivity contribution in [1.82, 2.24) is 9.78 Å². The van der Waals surface area contributed by atoms with Crippen molar-refractivity contribution in [2.45, 2.75) is 46.1 Å². The molecule has 4 heteroatoms. The number of rotatable bonds is 3. The molecule has 0 fully saturated rings. The molecule has 1 aromatic carbocycles. The number of nitrogens with zero attached hydrogens (tertiary/aromatic N) is 2. The second-order valence-corrected chi connectivity index (χ2v) is 6.59. The Balaban J connectivity index is 2.43. The Kier molecular flexibility index (Phi) is 3.90. The number of carboxylic acid groups (broad SMARTS) is 1. The van der Waals surface area contributed by atoms with Crippen LogP contribution in [-0.2, 0) is 5.41 Å². The summed E-state index contributed by atoms with van der Waals surface area (Å²) in [5.74, 6) is -0.950. The van der Waals surface area contributed by atoms with Crippen LogP contribution in [0.5, 0.6) is 0 Å². The molecule has 0 unspecified atom stereocenters. The van der Waals surface area contributed by atoms with Gasteiger partial charge in [0.1, 0.15) is 5.69 Å². The largest absolute Gasteiger partial charge is 0.477 e. The maximum Gasteiger partial charge on any atom is 0.354 e. The minimum atomic E-state index is -0.950. The van der Waals surface area contributed by atoms with E-state index in [1.807, 2.05) is 26.0 Å². The molecule has 4 nitrogen and oxygen atoms in total. The topological polar surface area (TPSA) is 55.1 Å². The first kappa shape index (κ1) is 15.3. The van der Waals surface area contributed by atoms with E-state index in [0.717, 1.165) is 5.56 Å². The quantitative estimate of drug-likeness (QED) is 0.923. The van der Waals surface area contributed by atoms with Crippen LogP contribution in [-0.4, -0.2) is 20.9 Å². The summed E-state index contributed by atoms with van der Waals surface area (Å²) in [6.07, 6.45) is 0. The fraction of sp³-hybridized carbons (Fsp3) is 0.412. The first-order valence-corrected chi connectivity index (χ1v) is 7.14. The number of carbonyl (C=O) groups is 1. The Labute approximate surface area is 125 Å². The third-order valence-electron chi connectivity index (χ3n) is 3.49. The predicted molar refractivity (Wildman–Crippen MR) is 83.7 cm³/mol. The van der Waals surface area contributed by atoms with Crippen molar-refractivity contribution < 1.29 is 9.90 Å². The van der Waals surface area contributed by atoms with Crippen molar-refractivity contribution >= 4 is 5.97 Å². The van der Waals surface area contributed by atoms with E-state index in [4.69, 9.17) is 0 Å². The first-order chi connectivity index (χ1) is 9.70. The number of carboxylic acids is 1. The molecular formula is C17H22N2O2. The second kappa shape index (κ2) is 5.35. The Morgan fingerprint density at radius 3 is 2.14 bits per heavy atom. The van der Waals surface area contributed by atoms with E-state index < -0.39 is 5.97 Å². The van der Waals surface area contributed by atoms with Crippen LogP contribution in [0.2, 0.25) is 0 Å². The van der Waals surface area contributed by atoms with E-state index in [9.17, 15) is 9.90 Å². The normalized spacial score (nSPS) is 11.9. The van der Waals surface area contributed by atoms with Gasteiger partial charge in [-0.2, -0.15) is 5.10 Å². The van der Waals surface area contributed by atoms with Gasteiger partial charge >= 0.3 is 5.97 Å². The molecule has 2 rings (SSSR count). The number of hydrogen-bond donors (Lipinski definition) is 1. The second-order valence-electron chi connectivity index (χ2n) is 6.59. The molecule has 1 heterocycles. The number of aromatic carboxylic acids is 1. The van der Waals surface area contributed by atoms with Crippen molar-refractivity contribution in [3.05, 3.63) is 41.6 Å². The van der Waals surface area contributed by atoms with Crippen LogP contribution in [0.15, 0.2) is 30.3 Å². The zero-order valence-corrected chi connectivity index (χ0v) is 13.2. The van der Waals surface area contributed by atoms with Gasteiger partial charge in [0.2, 0.25) is 0 Å². The summed E-state index contributed by atoms with van der Waals surface area (Å²) in [5, 5.41) is 13.7. The molecule has 0 bridgehead atoms. The van der Waals surface area contributed by atoms with Gasteiger partial charge in [0, 0.05) is 11.6 Å². The van der Waals surface area contributed by atoms with Gasteiger partial charge in [-0.05, 0) is 30.9 Å². The summed E-state index contributed by atoms with van der Waals surface area (Å²) in [5.41, 5.74) is 3.20. The SMILES string of the molecule is CC(C)n1nc(-c2ccc(C(C)(C)C)cc2)cc1C(=O)O. The molecule has 1 aromatic heterocycles. The zero-order valence-electron chi connectivity index (χ0n) is 13.2. The zero-order chi connectivity index (χ0) is 15.8. The Hall–Kier alpha value is -2.10. The minimum Gasteiger partial charge on any atom is -0.477 e. The highest BCUT2D eigenvalue weighted by molar-refractivity contribution is 5.87. The van der Waals surface area contributed by atoms with Crippen LogP contribution < -0.4 is 0 Å². The lowest BCUT2D eigenvalue weighted by Gasteiger charge is -2.18. The molecule has 0 saturated carbocycles. The van der Waals surface area contributed by atoms with Gasteiger partial charge in [-0.1, -0.05) is 45.0 Å². The highest BCUT2D eigenvalue weighted by atomic mass is 16.4. The van der Waals surface area contributed by atoms with Gasteiger partial charge in [0.05, 0.1) is 5.69 Å². The standard InChI is InChI=1S/C17H22N2O2/c1-11(2)19-15(16(20)21)10-14(18-19)12-6-8-13(9-7-12)17(3,4)5/h6-11H,1-5H3,(H,20,21). The highest BCUT2D eigenvalue weighted by Crippen LogP contribution is 2.26. The monoisotopic (exact) mass is 286 g/mol. The third-order valence-corrected chi connectivity index (χ3v) is 3.49. The summed E-state index contributed by atoms with van der Waals surface area (Å²) in [7, 11) is 0. The third kappa shape index (κ3) is 3.15. The van der Waals surface area contributed by atoms with Crippen LogP contribution in [0.25, 0.3) is 11.3 Å². The van der Waals surface area contributed by atoms with Crippen LogP contribution >= 0.6 is 0 Å². The minimum absolute atomic E-state index is 0.0127. The summed E-state index contributed by atoms with van der Waals surface area (Å²) >= 11 is 0. The van der Waals surface area contributed by atoms with Gasteiger partial charge in [-0.25, -0.2) is 4.79 Å². The molecule has 112 valence electrons. The first-order valence-electron chi connectivity index (χ1n) is 7.14. The van der Waals surface area contributed by atoms with Gasteiger partial charge in [-0.15, -0.1) is 0 Å². The molecular weight excluding hydrogens is 264 g/mol. The molecule has 2 aromatic rings. The van der Waals surface area contributed by atoms with Crippen molar-refractivity contribution in [2.24, 2.45) is 0 Å². The summed E-state index contributed by atoms with van der Waals surface area (Å²) in [6, 6.07) is 9.79. The number of benzene rings is 1. The van der Waals surface area contributed by atoms with Crippen LogP contribution in [0.3, 0.4) is 0 Å². The van der Waals surface area contributed by atoms with E-state index >= 15 is 0 Å². The predicted octanol–water partition coefficient (Wildman–Crippen LogP) is 4.13. The van der Waals surface area contributed by atoms with Crippen LogP contribution in [0.4, 0.5) is 0 Å². The average molecular weight is 286 g/mol. The van der Waals surface area contributed by atoms with Gasteiger partial charge < -0.3 is 5.11 Å². The highest BCUT2D eigenvalue weighted by Gasteiger charge is 2.18. The van der Waals surface area contributed by atoms with Gasteiger partial charge in [-0.3, -0.25) is 4.68 Å². The van der Waals surface area contributed by atoms with E-state index in [2.05, 4.69) is 38.0 Å². The van der Waals surface area contributed by atoms with Crippen molar-refractivity contribution in [3.8, 4) is 11.3 Å². The molecule has 0 spiro atoms. The molecule has 0 radical (unpaired) electrons. The van der Waals surface area contributed by atoms with Gasteiger partial charge in [0.25, 0.3) is 0 Å². The summed E-state index contributed by atoms with van der Waals surface area (Å²) in [6.45, 7) is 10.3. The van der Waals surface area contributed by atoms with Crippen LogP contribution in [0, 0.1) is 0 Å². The van der Waals surface area contributed by atoms with Gasteiger partial charge in [0.15, 0.2) is 0 Å². The maximum atomic E-state index is 11.3. The molecule has 0 amide bonds. The smallest absolute Gasteiger partial charge is 0.354 e. The lowest BCUT2D eigenvalue weighted by Crippen LogP contribution is -2.11. The van der Waals surface area contributed by atoms with E-state index in [0.29, 0.717) is 5.69 Å². The number of aromatic nitrogens is 2. The molecule has 0 aliphatic rings. The lowest BCUT2D eigenvalue weighted by molar-refractivity contribution is 0.0681. The number of hydrogen-bond acceptors (Lipinski definition) is 2. The lowest BCUT2D eigenvalue weighted by atomic mass is 9.86. The van der Waals surface area contributed by atoms with E-state index in [1.54, 1.807) is 10.7 Å². The molecule has 0 atom stereocenters. The summed E-state index contributed by atoms with van der Waals surface area (Å²) < 4.78 is 1.55. The van der Waals surface area contributed by atoms with Crippen molar-refractivity contribution in [1.29, 1.82) is 0 Å². The van der Waals surface area contributed by atoms with E-state index in [1.165, 1.54) is 5.56 Å². The Morgan fingerprint density at radius 2 is 1.76 bits per heavy atom.